The van der Waals surface area contributed by atoms with Gasteiger partial charge in [0.25, 0.3) is 6.01 Å². The molecule has 0 unspecified atom stereocenters. The number of hydrogen-bond acceptors (Lipinski definition) is 4. The molecule has 0 saturated carbocycles. The van der Waals surface area contributed by atoms with Gasteiger partial charge in [-0.05, 0) is 49.1 Å². The maximum atomic E-state index is 5.54. The first kappa shape index (κ1) is 11.7. The maximum Gasteiger partial charge on any atom is 0.292 e. The topological polar surface area (TPSA) is 64.9 Å². The van der Waals surface area contributed by atoms with Gasteiger partial charge in [-0.3, -0.25) is 4.98 Å². The lowest BCUT2D eigenvalue weighted by atomic mass is 10.1. The maximum absolute atomic E-state index is 5.54. The molecule has 4 heteroatoms. The van der Waals surface area contributed by atoms with E-state index in [4.69, 9.17) is 10.2 Å². The lowest BCUT2D eigenvalue weighted by Gasteiger charge is -2.04. The Morgan fingerprint density at radius 1 is 1.21 bits per heavy atom. The fourth-order valence-corrected chi connectivity index (χ4v) is 2.19. The number of aromatic nitrogens is 2. The molecular formula is C15H15N3O. The zero-order chi connectivity index (χ0) is 13.2. The number of pyridine rings is 1. The average molecular weight is 253 g/mol. The molecule has 0 aliphatic heterocycles. The third-order valence-electron chi connectivity index (χ3n) is 3.24. The van der Waals surface area contributed by atoms with Gasteiger partial charge < -0.3 is 10.2 Å². The molecule has 0 bridgehead atoms. The third-order valence-corrected chi connectivity index (χ3v) is 3.24. The van der Waals surface area contributed by atoms with Crippen LogP contribution in [0, 0.1) is 6.92 Å². The Hall–Kier alpha value is -2.36. The normalized spacial score (nSPS) is 11.0. The van der Waals surface area contributed by atoms with E-state index in [1.807, 2.05) is 24.4 Å². The molecule has 3 aromatic rings. The first-order valence-electron chi connectivity index (χ1n) is 6.28. The second kappa shape index (κ2) is 4.72. The smallest absolute Gasteiger partial charge is 0.292 e. The second-order valence-electron chi connectivity index (χ2n) is 4.62. The lowest BCUT2D eigenvalue weighted by molar-refractivity contribution is 0.625. The van der Waals surface area contributed by atoms with E-state index in [9.17, 15) is 0 Å². The van der Waals surface area contributed by atoms with Gasteiger partial charge in [0.15, 0.2) is 5.58 Å². The molecule has 0 fully saturated rings. The molecule has 0 saturated heterocycles. The Labute approximate surface area is 111 Å². The highest BCUT2D eigenvalue weighted by molar-refractivity contribution is 5.74. The van der Waals surface area contributed by atoms with Crippen LogP contribution in [0.2, 0.25) is 0 Å². The molecule has 0 atom stereocenters. The second-order valence-corrected chi connectivity index (χ2v) is 4.62. The minimum Gasteiger partial charge on any atom is -0.424 e. The lowest BCUT2D eigenvalue weighted by Crippen LogP contribution is -1.96. The van der Waals surface area contributed by atoms with Gasteiger partial charge in [-0.2, -0.15) is 4.98 Å². The van der Waals surface area contributed by atoms with E-state index in [1.165, 1.54) is 11.1 Å². The number of nitrogen functional groups attached to an aromatic ring is 1. The molecule has 4 nitrogen and oxygen atoms in total. The van der Waals surface area contributed by atoms with Crippen molar-refractivity contribution in [2.24, 2.45) is 0 Å². The molecule has 19 heavy (non-hydrogen) atoms. The average Bonchev–Trinajstić information content (AvgIpc) is 2.77. The van der Waals surface area contributed by atoms with Crippen molar-refractivity contribution in [3.8, 4) is 0 Å². The molecule has 2 N–H and O–H groups in total. The number of fused-ring (bicyclic) bond motifs is 1. The van der Waals surface area contributed by atoms with E-state index in [0.717, 1.165) is 29.6 Å². The highest BCUT2D eigenvalue weighted by atomic mass is 16.4. The monoisotopic (exact) mass is 253 g/mol. The summed E-state index contributed by atoms with van der Waals surface area (Å²) in [5.74, 6) is 0. The largest absolute Gasteiger partial charge is 0.424 e. The number of nitrogens with zero attached hydrogens (tertiary/aromatic N) is 2. The molecule has 0 aliphatic carbocycles. The van der Waals surface area contributed by atoms with E-state index in [2.05, 4.69) is 29.0 Å². The third kappa shape index (κ3) is 2.42. The van der Waals surface area contributed by atoms with Crippen LogP contribution in [0.3, 0.4) is 0 Å². The fraction of sp³-hybridized carbons (Fsp3) is 0.200. The van der Waals surface area contributed by atoms with Crippen LogP contribution in [0.4, 0.5) is 6.01 Å². The Balaban J connectivity index is 1.80. The van der Waals surface area contributed by atoms with Crippen LogP contribution in [-0.2, 0) is 12.8 Å². The summed E-state index contributed by atoms with van der Waals surface area (Å²) in [6.45, 7) is 2.09. The van der Waals surface area contributed by atoms with Crippen LogP contribution in [-0.4, -0.2) is 9.97 Å². The number of benzene rings is 1. The van der Waals surface area contributed by atoms with E-state index in [1.54, 1.807) is 0 Å². The summed E-state index contributed by atoms with van der Waals surface area (Å²) in [5, 5.41) is 0. The van der Waals surface area contributed by atoms with Crippen molar-refractivity contribution in [3.05, 3.63) is 53.3 Å². The molecule has 2 heterocycles. The molecule has 0 radical (unpaired) electrons. The Bertz CT molecular complexity index is 718. The molecular weight excluding hydrogens is 238 g/mol. The molecule has 3 rings (SSSR count). The van der Waals surface area contributed by atoms with Crippen LogP contribution in [0.25, 0.3) is 11.1 Å². The van der Waals surface area contributed by atoms with Crippen LogP contribution < -0.4 is 5.73 Å². The zero-order valence-electron chi connectivity index (χ0n) is 10.8. The number of hydrogen-bond donors (Lipinski definition) is 1. The number of oxazole rings is 1. The minimum atomic E-state index is 0.215. The standard InChI is InChI=1S/C15H15N3O/c1-10-3-2-8-17-12(10)6-4-11-5-7-13-14(9-11)19-15(16)18-13/h2-3,5,7-9H,4,6H2,1H3,(H2,16,18). The Morgan fingerprint density at radius 3 is 2.95 bits per heavy atom. The van der Waals surface area contributed by atoms with Crippen LogP contribution in [0.15, 0.2) is 40.9 Å². The van der Waals surface area contributed by atoms with E-state index in [0.29, 0.717) is 0 Å². The summed E-state index contributed by atoms with van der Waals surface area (Å²) in [7, 11) is 0. The van der Waals surface area contributed by atoms with Crippen molar-refractivity contribution in [2.45, 2.75) is 19.8 Å². The summed E-state index contributed by atoms with van der Waals surface area (Å²) >= 11 is 0. The van der Waals surface area contributed by atoms with Crippen LogP contribution in [0.1, 0.15) is 16.8 Å². The Kier molecular flexibility index (Phi) is 2.91. The van der Waals surface area contributed by atoms with Crippen LogP contribution >= 0.6 is 0 Å². The first-order chi connectivity index (χ1) is 9.22. The molecule has 0 aliphatic rings. The fourth-order valence-electron chi connectivity index (χ4n) is 2.19. The number of anilines is 1. The quantitative estimate of drug-likeness (QED) is 0.779. The molecule has 0 spiro atoms. The Morgan fingerprint density at radius 2 is 2.11 bits per heavy atom. The number of aryl methyl sites for hydroxylation is 3. The van der Waals surface area contributed by atoms with Crippen molar-refractivity contribution >= 4 is 17.1 Å². The summed E-state index contributed by atoms with van der Waals surface area (Å²) in [5.41, 5.74) is 10.7. The molecule has 0 amide bonds. The van der Waals surface area contributed by atoms with Gasteiger partial charge >= 0.3 is 0 Å². The minimum absolute atomic E-state index is 0.215. The predicted molar refractivity (Wildman–Crippen MR) is 74.8 cm³/mol. The highest BCUT2D eigenvalue weighted by Gasteiger charge is 2.05. The van der Waals surface area contributed by atoms with Gasteiger partial charge in [0.2, 0.25) is 0 Å². The van der Waals surface area contributed by atoms with E-state index in [-0.39, 0.29) is 6.01 Å². The van der Waals surface area contributed by atoms with Gasteiger partial charge in [-0.15, -0.1) is 0 Å². The summed E-state index contributed by atoms with van der Waals surface area (Å²) in [6.07, 6.45) is 3.68. The summed E-state index contributed by atoms with van der Waals surface area (Å²) in [4.78, 5) is 8.49. The highest BCUT2D eigenvalue weighted by Crippen LogP contribution is 2.19. The van der Waals surface area contributed by atoms with Crippen molar-refractivity contribution < 1.29 is 4.42 Å². The molecule has 1 aromatic carbocycles. The zero-order valence-corrected chi connectivity index (χ0v) is 10.8. The summed E-state index contributed by atoms with van der Waals surface area (Å²) in [6, 6.07) is 10.3. The number of rotatable bonds is 3. The van der Waals surface area contributed by atoms with E-state index >= 15 is 0 Å². The van der Waals surface area contributed by atoms with Crippen molar-refractivity contribution in [1.82, 2.24) is 9.97 Å². The predicted octanol–water partition coefficient (Wildman–Crippen LogP) is 2.90. The first-order valence-corrected chi connectivity index (χ1v) is 6.28. The van der Waals surface area contributed by atoms with E-state index < -0.39 is 0 Å². The van der Waals surface area contributed by atoms with Gasteiger partial charge in [0.1, 0.15) is 5.52 Å². The molecule has 96 valence electrons. The van der Waals surface area contributed by atoms with Gasteiger partial charge in [-0.25, -0.2) is 0 Å². The number of nitrogens with two attached hydrogens (primary N) is 1. The van der Waals surface area contributed by atoms with Crippen molar-refractivity contribution in [3.63, 3.8) is 0 Å². The van der Waals surface area contributed by atoms with Crippen molar-refractivity contribution in [1.29, 1.82) is 0 Å². The van der Waals surface area contributed by atoms with Gasteiger partial charge in [-0.1, -0.05) is 12.1 Å². The molecule has 2 aromatic heterocycles. The summed E-state index contributed by atoms with van der Waals surface area (Å²) < 4.78 is 5.34. The van der Waals surface area contributed by atoms with Crippen LogP contribution in [0.5, 0.6) is 0 Å². The SMILES string of the molecule is Cc1cccnc1CCc1ccc2nc(N)oc2c1. The van der Waals surface area contributed by atoms with Crippen molar-refractivity contribution in [2.75, 3.05) is 5.73 Å². The van der Waals surface area contributed by atoms with Gasteiger partial charge in [0.05, 0.1) is 0 Å². The van der Waals surface area contributed by atoms with Gasteiger partial charge in [0, 0.05) is 11.9 Å².